The van der Waals surface area contributed by atoms with Gasteiger partial charge in [-0.3, -0.25) is 0 Å². The van der Waals surface area contributed by atoms with Gasteiger partial charge in [0.1, 0.15) is 5.75 Å². The lowest BCUT2D eigenvalue weighted by Gasteiger charge is -2.09. The van der Waals surface area contributed by atoms with Gasteiger partial charge in [-0.2, -0.15) is 0 Å². The van der Waals surface area contributed by atoms with E-state index in [0.29, 0.717) is 22.3 Å². The third-order valence-electron chi connectivity index (χ3n) is 1.76. The third-order valence-corrected chi connectivity index (χ3v) is 2.29. The number of rotatable bonds is 5. The van der Waals surface area contributed by atoms with Gasteiger partial charge in [0, 0.05) is 11.6 Å². The SMILES string of the molecule is C=CCNC(=O)NCOc1ccc(Cl)cc1Cl. The zero-order chi connectivity index (χ0) is 12.7. The van der Waals surface area contributed by atoms with Crippen molar-refractivity contribution in [2.45, 2.75) is 0 Å². The van der Waals surface area contributed by atoms with E-state index in [9.17, 15) is 4.79 Å². The Bertz CT molecular complexity index is 410. The normalized spacial score (nSPS) is 9.53. The maximum atomic E-state index is 11.1. The smallest absolute Gasteiger partial charge is 0.317 e. The number of hydrogen-bond acceptors (Lipinski definition) is 2. The summed E-state index contributed by atoms with van der Waals surface area (Å²) in [6, 6.07) is 4.51. The minimum absolute atomic E-state index is 0.0182. The van der Waals surface area contributed by atoms with Gasteiger partial charge in [0.2, 0.25) is 0 Å². The monoisotopic (exact) mass is 274 g/mol. The molecule has 0 spiro atoms. The van der Waals surface area contributed by atoms with Crippen molar-refractivity contribution in [2.24, 2.45) is 0 Å². The maximum Gasteiger partial charge on any atom is 0.317 e. The largest absolute Gasteiger partial charge is 0.472 e. The summed E-state index contributed by atoms with van der Waals surface area (Å²) in [6.07, 6.45) is 1.58. The molecule has 0 saturated carbocycles. The van der Waals surface area contributed by atoms with E-state index in [0.717, 1.165) is 0 Å². The number of benzene rings is 1. The lowest BCUT2D eigenvalue weighted by atomic mass is 10.3. The van der Waals surface area contributed by atoms with Crippen molar-refractivity contribution in [1.29, 1.82) is 0 Å². The highest BCUT2D eigenvalue weighted by Gasteiger charge is 2.03. The van der Waals surface area contributed by atoms with E-state index >= 15 is 0 Å². The van der Waals surface area contributed by atoms with Gasteiger partial charge in [0.15, 0.2) is 6.73 Å². The molecule has 0 heterocycles. The highest BCUT2D eigenvalue weighted by Crippen LogP contribution is 2.27. The number of carbonyl (C=O) groups excluding carboxylic acids is 1. The second-order valence-corrected chi connectivity index (χ2v) is 3.88. The number of halogens is 2. The number of nitrogens with one attached hydrogen (secondary N) is 2. The van der Waals surface area contributed by atoms with Crippen molar-refractivity contribution in [3.05, 3.63) is 40.9 Å². The number of hydrogen-bond donors (Lipinski definition) is 2. The molecule has 1 rings (SSSR count). The second kappa shape index (κ2) is 7.04. The molecule has 2 N–H and O–H groups in total. The van der Waals surface area contributed by atoms with Crippen LogP contribution in [0.3, 0.4) is 0 Å². The fraction of sp³-hybridized carbons (Fsp3) is 0.182. The standard InChI is InChI=1S/C11H12Cl2N2O2/c1-2-5-14-11(16)15-7-17-10-4-3-8(12)6-9(10)13/h2-4,6H,1,5,7H2,(H2,14,15,16). The minimum Gasteiger partial charge on any atom is -0.472 e. The first kappa shape index (κ1) is 13.7. The molecule has 0 aromatic heterocycles. The number of amides is 2. The molecule has 2 amide bonds. The summed E-state index contributed by atoms with van der Waals surface area (Å²) in [6.45, 7) is 3.89. The van der Waals surface area contributed by atoms with Crippen LogP contribution in [0.25, 0.3) is 0 Å². The molecule has 92 valence electrons. The first-order chi connectivity index (χ1) is 8.13. The molecule has 0 unspecified atom stereocenters. The Balaban J connectivity index is 2.35. The van der Waals surface area contributed by atoms with E-state index in [1.165, 1.54) is 0 Å². The van der Waals surface area contributed by atoms with Gasteiger partial charge in [0.05, 0.1) is 5.02 Å². The molecule has 0 aliphatic carbocycles. The van der Waals surface area contributed by atoms with E-state index in [1.54, 1.807) is 24.3 Å². The maximum absolute atomic E-state index is 11.1. The predicted octanol–water partition coefficient (Wildman–Crippen LogP) is 2.81. The van der Waals surface area contributed by atoms with Crippen LogP contribution in [-0.2, 0) is 0 Å². The number of urea groups is 1. The fourth-order valence-corrected chi connectivity index (χ4v) is 1.46. The Morgan fingerprint density at radius 2 is 2.18 bits per heavy atom. The van der Waals surface area contributed by atoms with E-state index in [4.69, 9.17) is 27.9 Å². The molecule has 0 bridgehead atoms. The molecule has 4 nitrogen and oxygen atoms in total. The van der Waals surface area contributed by atoms with Crippen molar-refractivity contribution in [3.63, 3.8) is 0 Å². The molecule has 0 fully saturated rings. The first-order valence-electron chi connectivity index (χ1n) is 4.84. The molecule has 0 aliphatic heterocycles. The van der Waals surface area contributed by atoms with Gasteiger partial charge in [-0.1, -0.05) is 29.3 Å². The van der Waals surface area contributed by atoms with Crippen LogP contribution in [-0.4, -0.2) is 19.3 Å². The fourth-order valence-electron chi connectivity index (χ4n) is 0.999. The van der Waals surface area contributed by atoms with Crippen LogP contribution in [0.4, 0.5) is 4.79 Å². The van der Waals surface area contributed by atoms with Crippen LogP contribution in [0.2, 0.25) is 10.0 Å². The van der Waals surface area contributed by atoms with Gasteiger partial charge in [-0.05, 0) is 18.2 Å². The topological polar surface area (TPSA) is 50.4 Å². The van der Waals surface area contributed by atoms with Gasteiger partial charge >= 0.3 is 6.03 Å². The molecule has 1 aromatic rings. The lowest BCUT2D eigenvalue weighted by Crippen LogP contribution is -2.37. The van der Waals surface area contributed by atoms with Crippen molar-refractivity contribution in [1.82, 2.24) is 10.6 Å². The molecule has 0 radical (unpaired) electrons. The molecule has 1 aromatic carbocycles. The van der Waals surface area contributed by atoms with E-state index < -0.39 is 0 Å². The molecule has 6 heteroatoms. The van der Waals surface area contributed by atoms with Crippen molar-refractivity contribution < 1.29 is 9.53 Å². The number of carbonyl (C=O) groups is 1. The van der Waals surface area contributed by atoms with E-state index in [-0.39, 0.29) is 12.8 Å². The zero-order valence-corrected chi connectivity index (χ0v) is 10.5. The average Bonchev–Trinajstić information content (AvgIpc) is 2.29. The minimum atomic E-state index is -0.338. The van der Waals surface area contributed by atoms with Gasteiger partial charge < -0.3 is 15.4 Å². The van der Waals surface area contributed by atoms with Gasteiger partial charge in [-0.15, -0.1) is 6.58 Å². The molecule has 17 heavy (non-hydrogen) atoms. The molecule has 0 atom stereocenters. The quantitative estimate of drug-likeness (QED) is 0.641. The van der Waals surface area contributed by atoms with Crippen LogP contribution in [0.1, 0.15) is 0 Å². The summed E-state index contributed by atoms with van der Waals surface area (Å²) in [5.74, 6) is 0.458. The second-order valence-electron chi connectivity index (χ2n) is 3.04. The lowest BCUT2D eigenvalue weighted by molar-refractivity contribution is 0.225. The van der Waals surface area contributed by atoms with Crippen LogP contribution in [0.5, 0.6) is 5.75 Å². The van der Waals surface area contributed by atoms with Crippen molar-refractivity contribution >= 4 is 29.2 Å². The van der Waals surface area contributed by atoms with E-state index in [1.807, 2.05) is 0 Å². The Hall–Kier alpha value is -1.39. The Morgan fingerprint density at radius 1 is 1.41 bits per heavy atom. The highest BCUT2D eigenvalue weighted by atomic mass is 35.5. The molecule has 0 aliphatic rings. The predicted molar refractivity (Wildman–Crippen MR) is 68.7 cm³/mol. The molecular weight excluding hydrogens is 263 g/mol. The summed E-state index contributed by atoms with van der Waals surface area (Å²) < 4.78 is 5.25. The molecular formula is C11H12Cl2N2O2. The Kier molecular flexibility index (Phi) is 5.66. The average molecular weight is 275 g/mol. The van der Waals surface area contributed by atoms with Crippen molar-refractivity contribution in [2.75, 3.05) is 13.3 Å². The highest BCUT2D eigenvalue weighted by molar-refractivity contribution is 6.35. The van der Waals surface area contributed by atoms with Crippen molar-refractivity contribution in [3.8, 4) is 5.75 Å². The summed E-state index contributed by atoms with van der Waals surface area (Å²) in [5, 5.41) is 5.96. The first-order valence-corrected chi connectivity index (χ1v) is 5.59. The summed E-state index contributed by atoms with van der Waals surface area (Å²) in [7, 11) is 0. The summed E-state index contributed by atoms with van der Waals surface area (Å²) >= 11 is 11.6. The number of ether oxygens (including phenoxy) is 1. The van der Waals surface area contributed by atoms with Crippen LogP contribution >= 0.6 is 23.2 Å². The van der Waals surface area contributed by atoms with Crippen LogP contribution < -0.4 is 15.4 Å². The Labute approximate surface area is 110 Å². The zero-order valence-electron chi connectivity index (χ0n) is 9.00. The Morgan fingerprint density at radius 3 is 2.82 bits per heavy atom. The van der Waals surface area contributed by atoms with Gasteiger partial charge in [-0.25, -0.2) is 4.79 Å². The van der Waals surface area contributed by atoms with Gasteiger partial charge in [0.25, 0.3) is 0 Å². The third kappa shape index (κ3) is 4.97. The van der Waals surface area contributed by atoms with E-state index in [2.05, 4.69) is 17.2 Å². The summed E-state index contributed by atoms with van der Waals surface area (Å²) in [5.41, 5.74) is 0. The van der Waals surface area contributed by atoms with Crippen LogP contribution in [0.15, 0.2) is 30.9 Å². The summed E-state index contributed by atoms with van der Waals surface area (Å²) in [4.78, 5) is 11.1. The van der Waals surface area contributed by atoms with Crippen LogP contribution in [0, 0.1) is 0 Å². The molecule has 0 saturated heterocycles.